The van der Waals surface area contributed by atoms with Crippen LogP contribution in [0.4, 0.5) is 0 Å². The third-order valence-corrected chi connectivity index (χ3v) is 2.55. The third-order valence-electron chi connectivity index (χ3n) is 1.91. The van der Waals surface area contributed by atoms with E-state index in [-0.39, 0.29) is 0 Å². The van der Waals surface area contributed by atoms with Gasteiger partial charge in [-0.3, -0.25) is 0 Å². The maximum atomic E-state index is 6.03. The van der Waals surface area contributed by atoms with E-state index in [1.807, 2.05) is 12.1 Å². The van der Waals surface area contributed by atoms with Gasteiger partial charge in [0.1, 0.15) is 0 Å². The number of alkyl halides is 1. The van der Waals surface area contributed by atoms with Crippen molar-refractivity contribution in [3.8, 4) is 0 Å². The lowest BCUT2D eigenvalue weighted by molar-refractivity contribution is 0.647. The second-order valence-corrected chi connectivity index (χ2v) is 4.33. The first-order chi connectivity index (χ1) is 6.13. The fraction of sp³-hybridized carbons (Fsp3) is 0.455. The van der Waals surface area contributed by atoms with E-state index in [9.17, 15) is 0 Å². The molecule has 0 aliphatic heterocycles. The Morgan fingerprint density at radius 3 is 2.46 bits per heavy atom. The molecule has 0 saturated carbocycles. The molecule has 0 amide bonds. The molecule has 0 nitrogen and oxygen atoms in total. The molecular formula is C11H14Cl2. The Kier molecular flexibility index (Phi) is 4.08. The molecule has 0 spiro atoms. The first-order valence-electron chi connectivity index (χ1n) is 4.46. The number of hydrogen-bond acceptors (Lipinski definition) is 0. The van der Waals surface area contributed by atoms with Crippen LogP contribution in [0.5, 0.6) is 0 Å². The molecule has 13 heavy (non-hydrogen) atoms. The molecular weight excluding hydrogens is 203 g/mol. The highest BCUT2D eigenvalue weighted by Crippen LogP contribution is 2.21. The summed E-state index contributed by atoms with van der Waals surface area (Å²) in [6.07, 6.45) is 1.07. The van der Waals surface area contributed by atoms with Crippen molar-refractivity contribution >= 4 is 23.2 Å². The minimum atomic E-state index is 0.487. The lowest BCUT2D eigenvalue weighted by Crippen LogP contribution is -1.94. The van der Waals surface area contributed by atoms with Crippen LogP contribution in [0.1, 0.15) is 25.0 Å². The van der Waals surface area contributed by atoms with Crippen LogP contribution in [0.25, 0.3) is 0 Å². The van der Waals surface area contributed by atoms with Gasteiger partial charge in [-0.25, -0.2) is 0 Å². The molecule has 0 saturated heterocycles. The van der Waals surface area contributed by atoms with E-state index >= 15 is 0 Å². The van der Waals surface area contributed by atoms with Crippen LogP contribution in [0.3, 0.4) is 0 Å². The fourth-order valence-corrected chi connectivity index (χ4v) is 1.87. The smallest absolute Gasteiger partial charge is 0.0488 e. The molecule has 0 aliphatic carbocycles. The summed E-state index contributed by atoms with van der Waals surface area (Å²) in [4.78, 5) is 0. The van der Waals surface area contributed by atoms with Gasteiger partial charge in [0, 0.05) is 10.9 Å². The van der Waals surface area contributed by atoms with E-state index in [2.05, 4.69) is 19.9 Å². The molecule has 0 unspecified atom stereocenters. The van der Waals surface area contributed by atoms with Crippen molar-refractivity contribution in [2.24, 2.45) is 5.92 Å². The van der Waals surface area contributed by atoms with Crippen molar-refractivity contribution in [1.29, 1.82) is 0 Å². The summed E-state index contributed by atoms with van der Waals surface area (Å²) >= 11 is 11.7. The van der Waals surface area contributed by atoms with Crippen molar-refractivity contribution in [2.75, 3.05) is 0 Å². The Bertz CT molecular complexity index is 279. The van der Waals surface area contributed by atoms with Crippen LogP contribution in [0.2, 0.25) is 5.02 Å². The van der Waals surface area contributed by atoms with Gasteiger partial charge in [-0.05, 0) is 29.5 Å². The minimum absolute atomic E-state index is 0.487. The minimum Gasteiger partial charge on any atom is -0.121 e. The van der Waals surface area contributed by atoms with Gasteiger partial charge in [-0.2, -0.15) is 0 Å². The van der Waals surface area contributed by atoms with Crippen LogP contribution in [0, 0.1) is 5.92 Å². The van der Waals surface area contributed by atoms with E-state index in [0.717, 1.165) is 17.0 Å². The van der Waals surface area contributed by atoms with Gasteiger partial charge >= 0.3 is 0 Å². The maximum absolute atomic E-state index is 6.03. The molecule has 1 aromatic carbocycles. The summed E-state index contributed by atoms with van der Waals surface area (Å²) in [7, 11) is 0. The molecule has 72 valence electrons. The van der Waals surface area contributed by atoms with Crippen molar-refractivity contribution in [3.05, 3.63) is 34.3 Å². The number of benzene rings is 1. The van der Waals surface area contributed by atoms with Crippen molar-refractivity contribution in [3.63, 3.8) is 0 Å². The van der Waals surface area contributed by atoms with Crippen molar-refractivity contribution in [1.82, 2.24) is 0 Å². The predicted molar refractivity (Wildman–Crippen MR) is 59.6 cm³/mol. The summed E-state index contributed by atoms with van der Waals surface area (Å²) in [6, 6.07) is 6.12. The fourth-order valence-electron chi connectivity index (χ4n) is 1.30. The molecule has 0 radical (unpaired) electrons. The highest BCUT2D eigenvalue weighted by atomic mass is 35.5. The van der Waals surface area contributed by atoms with Crippen molar-refractivity contribution < 1.29 is 0 Å². The van der Waals surface area contributed by atoms with E-state index in [4.69, 9.17) is 23.2 Å². The summed E-state index contributed by atoms with van der Waals surface area (Å²) in [5.41, 5.74) is 2.30. The second kappa shape index (κ2) is 4.88. The Hall–Kier alpha value is -0.200. The molecule has 0 fully saturated rings. The summed E-state index contributed by atoms with van der Waals surface area (Å²) in [5.74, 6) is 1.15. The monoisotopic (exact) mass is 216 g/mol. The first kappa shape index (κ1) is 10.9. The molecule has 0 N–H and O–H groups in total. The molecule has 0 atom stereocenters. The SMILES string of the molecule is CC(C)Cc1ccc(CCl)c(Cl)c1. The molecule has 1 rings (SSSR count). The Balaban J connectivity index is 2.83. The van der Waals surface area contributed by atoms with Gasteiger partial charge in [0.15, 0.2) is 0 Å². The van der Waals surface area contributed by atoms with Gasteiger partial charge in [0.05, 0.1) is 0 Å². The van der Waals surface area contributed by atoms with E-state index < -0.39 is 0 Å². The van der Waals surface area contributed by atoms with Crippen LogP contribution in [0.15, 0.2) is 18.2 Å². The normalized spacial score (nSPS) is 10.8. The van der Waals surface area contributed by atoms with Crippen LogP contribution < -0.4 is 0 Å². The molecule has 0 bridgehead atoms. The zero-order valence-electron chi connectivity index (χ0n) is 7.98. The van der Waals surface area contributed by atoms with Gasteiger partial charge in [0.25, 0.3) is 0 Å². The lowest BCUT2D eigenvalue weighted by Gasteiger charge is -2.07. The van der Waals surface area contributed by atoms with Gasteiger partial charge < -0.3 is 0 Å². The third kappa shape index (κ3) is 3.21. The van der Waals surface area contributed by atoms with Crippen LogP contribution in [-0.4, -0.2) is 0 Å². The lowest BCUT2D eigenvalue weighted by atomic mass is 10.0. The zero-order valence-corrected chi connectivity index (χ0v) is 9.49. The molecule has 0 aromatic heterocycles. The second-order valence-electron chi connectivity index (χ2n) is 3.66. The average Bonchev–Trinajstić information content (AvgIpc) is 2.03. The maximum Gasteiger partial charge on any atom is 0.0488 e. The standard InChI is InChI=1S/C11H14Cl2/c1-8(2)5-9-3-4-10(7-12)11(13)6-9/h3-4,6,8H,5,7H2,1-2H3. The predicted octanol–water partition coefficient (Wildman–Crippen LogP) is 4.28. The molecule has 2 heteroatoms. The number of halogens is 2. The summed E-state index contributed by atoms with van der Waals surface area (Å²) in [5, 5.41) is 0.785. The van der Waals surface area contributed by atoms with Gasteiger partial charge in [-0.1, -0.05) is 37.6 Å². The van der Waals surface area contributed by atoms with Crippen LogP contribution >= 0.6 is 23.2 Å². The zero-order chi connectivity index (χ0) is 9.84. The Labute approximate surface area is 89.9 Å². The van der Waals surface area contributed by atoms with E-state index in [1.165, 1.54) is 5.56 Å². The quantitative estimate of drug-likeness (QED) is 0.663. The Morgan fingerprint density at radius 1 is 1.31 bits per heavy atom. The van der Waals surface area contributed by atoms with Crippen LogP contribution in [-0.2, 0) is 12.3 Å². The molecule has 0 heterocycles. The molecule has 0 aliphatic rings. The number of hydrogen-bond donors (Lipinski definition) is 0. The molecule has 1 aromatic rings. The Morgan fingerprint density at radius 2 is 2.00 bits per heavy atom. The summed E-state index contributed by atoms with van der Waals surface area (Å²) in [6.45, 7) is 4.40. The van der Waals surface area contributed by atoms with Gasteiger partial charge in [0.2, 0.25) is 0 Å². The first-order valence-corrected chi connectivity index (χ1v) is 5.38. The highest BCUT2D eigenvalue weighted by Gasteiger charge is 2.02. The van der Waals surface area contributed by atoms with E-state index in [1.54, 1.807) is 0 Å². The summed E-state index contributed by atoms with van der Waals surface area (Å²) < 4.78 is 0. The average molecular weight is 217 g/mol. The topological polar surface area (TPSA) is 0 Å². The van der Waals surface area contributed by atoms with E-state index in [0.29, 0.717) is 11.8 Å². The highest BCUT2D eigenvalue weighted by molar-refractivity contribution is 6.32. The number of rotatable bonds is 3. The van der Waals surface area contributed by atoms with Gasteiger partial charge in [-0.15, -0.1) is 11.6 Å². The van der Waals surface area contributed by atoms with Crippen molar-refractivity contribution in [2.45, 2.75) is 26.1 Å². The largest absolute Gasteiger partial charge is 0.121 e.